The van der Waals surface area contributed by atoms with Gasteiger partial charge in [0.05, 0.1) is 0 Å². The lowest BCUT2D eigenvalue weighted by Crippen LogP contribution is -2.30. The number of hydrogen-bond donors (Lipinski definition) is 0. The van der Waals surface area contributed by atoms with Gasteiger partial charge in [-0.15, -0.1) is 0 Å². The molecule has 1 unspecified atom stereocenters. The van der Waals surface area contributed by atoms with Crippen LogP contribution in [-0.2, 0) is 28.6 Å². The maximum absolute atomic E-state index is 12.7. The number of ether oxygens (including phenoxy) is 3. The van der Waals surface area contributed by atoms with Crippen molar-refractivity contribution in [3.63, 3.8) is 0 Å². The van der Waals surface area contributed by atoms with E-state index in [-0.39, 0.29) is 31.1 Å². The van der Waals surface area contributed by atoms with E-state index in [4.69, 9.17) is 14.2 Å². The molecule has 0 amide bonds. The third kappa shape index (κ3) is 55.9. The first-order chi connectivity index (χ1) is 34.0. The lowest BCUT2D eigenvalue weighted by Gasteiger charge is -2.18. The predicted octanol–water partition coefficient (Wildman–Crippen LogP) is 20.0. The van der Waals surface area contributed by atoms with E-state index in [9.17, 15) is 14.4 Å². The van der Waals surface area contributed by atoms with Gasteiger partial charge in [-0.1, -0.05) is 255 Å². The van der Waals surface area contributed by atoms with E-state index in [1.165, 1.54) is 161 Å². The van der Waals surface area contributed by atoms with Crippen LogP contribution in [0.15, 0.2) is 60.8 Å². The molecule has 0 aliphatic rings. The molecule has 69 heavy (non-hydrogen) atoms. The van der Waals surface area contributed by atoms with Gasteiger partial charge < -0.3 is 14.2 Å². The molecule has 400 valence electrons. The van der Waals surface area contributed by atoms with Crippen LogP contribution in [0.1, 0.15) is 303 Å². The van der Waals surface area contributed by atoms with Crippen molar-refractivity contribution in [2.24, 2.45) is 0 Å². The topological polar surface area (TPSA) is 78.9 Å². The number of carbonyl (C=O) groups is 3. The van der Waals surface area contributed by atoms with Gasteiger partial charge in [0.2, 0.25) is 0 Å². The largest absolute Gasteiger partial charge is 0.462 e. The lowest BCUT2D eigenvalue weighted by molar-refractivity contribution is -0.167. The Bertz CT molecular complexity index is 1250. The average Bonchev–Trinajstić information content (AvgIpc) is 3.35. The summed E-state index contributed by atoms with van der Waals surface area (Å²) in [5, 5.41) is 0. The van der Waals surface area contributed by atoms with Crippen LogP contribution in [0.3, 0.4) is 0 Å². The van der Waals surface area contributed by atoms with E-state index in [1.807, 2.05) is 0 Å². The van der Waals surface area contributed by atoms with E-state index in [1.54, 1.807) is 0 Å². The van der Waals surface area contributed by atoms with Crippen LogP contribution in [-0.4, -0.2) is 37.2 Å². The molecule has 0 heterocycles. The number of esters is 3. The molecule has 0 bridgehead atoms. The quantitative estimate of drug-likeness (QED) is 0.0262. The van der Waals surface area contributed by atoms with Gasteiger partial charge in [0.15, 0.2) is 6.10 Å². The summed E-state index contributed by atoms with van der Waals surface area (Å²) in [5.74, 6) is -0.897. The van der Waals surface area contributed by atoms with Crippen molar-refractivity contribution in [1.82, 2.24) is 0 Å². The van der Waals surface area contributed by atoms with E-state index in [0.717, 1.165) is 103 Å². The molecule has 6 nitrogen and oxygen atoms in total. The van der Waals surface area contributed by atoms with Crippen LogP contribution < -0.4 is 0 Å². The molecule has 0 radical (unpaired) electrons. The fraction of sp³-hybridized carbons (Fsp3) is 0.794. The lowest BCUT2D eigenvalue weighted by atomic mass is 10.0. The zero-order chi connectivity index (χ0) is 50.0. The molecule has 0 saturated carbocycles. The highest BCUT2D eigenvalue weighted by molar-refractivity contribution is 5.71. The van der Waals surface area contributed by atoms with Gasteiger partial charge in [-0.3, -0.25) is 14.4 Å². The minimum Gasteiger partial charge on any atom is -0.462 e. The minimum absolute atomic E-state index is 0.0780. The second kappa shape index (κ2) is 57.7. The van der Waals surface area contributed by atoms with Crippen molar-refractivity contribution in [3.05, 3.63) is 60.8 Å². The number of carbonyl (C=O) groups excluding carboxylic acids is 3. The van der Waals surface area contributed by atoms with Crippen LogP contribution in [0.4, 0.5) is 0 Å². The summed E-state index contributed by atoms with van der Waals surface area (Å²) in [5.41, 5.74) is 0. The van der Waals surface area contributed by atoms with Crippen molar-refractivity contribution in [1.29, 1.82) is 0 Å². The molecular formula is C63H112O6. The Morgan fingerprint density at radius 1 is 0.290 bits per heavy atom. The fourth-order valence-electron chi connectivity index (χ4n) is 8.48. The molecule has 0 aliphatic heterocycles. The van der Waals surface area contributed by atoms with Gasteiger partial charge in [0, 0.05) is 19.3 Å². The monoisotopic (exact) mass is 965 g/mol. The SMILES string of the molecule is CCCCC/C=C\C/C=C\CCCCCCCC(=O)OC(COC(=O)CCCCCCC)COC(=O)CCCCCCCCCCCCCCCCCC/C=C\C/C=C\C/C=C\CCCCCCC. The van der Waals surface area contributed by atoms with Crippen LogP contribution >= 0.6 is 0 Å². The summed E-state index contributed by atoms with van der Waals surface area (Å²) in [6.07, 6.45) is 72.7. The maximum Gasteiger partial charge on any atom is 0.306 e. The van der Waals surface area contributed by atoms with Crippen LogP contribution in [0, 0.1) is 0 Å². The summed E-state index contributed by atoms with van der Waals surface area (Å²) in [6, 6.07) is 0. The fourth-order valence-corrected chi connectivity index (χ4v) is 8.48. The molecule has 0 saturated heterocycles. The molecular weight excluding hydrogens is 853 g/mol. The molecule has 0 aromatic rings. The van der Waals surface area contributed by atoms with Gasteiger partial charge in [-0.2, -0.15) is 0 Å². The summed E-state index contributed by atoms with van der Waals surface area (Å²) >= 11 is 0. The Kier molecular flexibility index (Phi) is 55.3. The second-order valence-electron chi connectivity index (χ2n) is 19.9. The van der Waals surface area contributed by atoms with Gasteiger partial charge in [0.25, 0.3) is 0 Å². The second-order valence-corrected chi connectivity index (χ2v) is 19.9. The van der Waals surface area contributed by atoms with E-state index in [2.05, 4.69) is 81.5 Å². The summed E-state index contributed by atoms with van der Waals surface area (Å²) in [6.45, 7) is 6.52. The van der Waals surface area contributed by atoms with Crippen molar-refractivity contribution in [2.75, 3.05) is 13.2 Å². The molecule has 0 aromatic heterocycles. The van der Waals surface area contributed by atoms with Crippen molar-refractivity contribution >= 4 is 17.9 Å². The number of hydrogen-bond acceptors (Lipinski definition) is 6. The van der Waals surface area contributed by atoms with Gasteiger partial charge in [-0.05, 0) is 89.9 Å². The van der Waals surface area contributed by atoms with Crippen LogP contribution in [0.5, 0.6) is 0 Å². The summed E-state index contributed by atoms with van der Waals surface area (Å²) in [7, 11) is 0. The molecule has 0 fully saturated rings. The first-order valence-electron chi connectivity index (χ1n) is 29.8. The van der Waals surface area contributed by atoms with Crippen molar-refractivity contribution in [2.45, 2.75) is 309 Å². The molecule has 0 rings (SSSR count). The Hall–Kier alpha value is -2.89. The summed E-state index contributed by atoms with van der Waals surface area (Å²) < 4.78 is 16.7. The van der Waals surface area contributed by atoms with E-state index < -0.39 is 6.10 Å². The van der Waals surface area contributed by atoms with Crippen LogP contribution in [0.25, 0.3) is 0 Å². The van der Waals surface area contributed by atoms with Crippen molar-refractivity contribution < 1.29 is 28.6 Å². The molecule has 6 heteroatoms. The third-order valence-corrected chi connectivity index (χ3v) is 13.0. The summed E-state index contributed by atoms with van der Waals surface area (Å²) in [4.78, 5) is 37.8. The van der Waals surface area contributed by atoms with Crippen LogP contribution in [0.2, 0.25) is 0 Å². The first-order valence-corrected chi connectivity index (χ1v) is 29.8. The average molecular weight is 966 g/mol. The van der Waals surface area contributed by atoms with E-state index in [0.29, 0.717) is 19.3 Å². The van der Waals surface area contributed by atoms with Crippen molar-refractivity contribution in [3.8, 4) is 0 Å². The molecule has 0 aromatic carbocycles. The zero-order valence-electron chi connectivity index (χ0n) is 45.8. The highest BCUT2D eigenvalue weighted by Crippen LogP contribution is 2.16. The smallest absolute Gasteiger partial charge is 0.306 e. The Morgan fingerprint density at radius 2 is 0.522 bits per heavy atom. The zero-order valence-corrected chi connectivity index (χ0v) is 45.8. The number of rotatable bonds is 54. The molecule has 0 aliphatic carbocycles. The Balaban J connectivity index is 3.97. The Morgan fingerprint density at radius 3 is 0.841 bits per heavy atom. The van der Waals surface area contributed by atoms with Gasteiger partial charge in [-0.25, -0.2) is 0 Å². The van der Waals surface area contributed by atoms with E-state index >= 15 is 0 Å². The standard InChI is InChI=1S/C63H112O6/c1-4-7-10-13-15-17-19-21-23-24-25-26-27-28-29-30-31-32-33-34-35-36-37-38-40-41-43-45-47-50-53-56-62(65)68-59-60(58-67-61(64)55-52-49-12-9-6-3)69-63(66)57-54-51-48-46-44-42-39-22-20-18-16-14-11-8-5-2/h16,18-19,21-22,24-25,27-28,39,60H,4-15,17,20,23,26,29-38,40-59H2,1-3H3/b18-16-,21-19-,25-24-,28-27-,39-22-. The normalized spacial score (nSPS) is 12.4. The molecule has 1 atom stereocenters. The maximum atomic E-state index is 12.7. The molecule has 0 spiro atoms. The number of allylic oxidation sites excluding steroid dienone is 10. The highest BCUT2D eigenvalue weighted by atomic mass is 16.6. The third-order valence-electron chi connectivity index (χ3n) is 13.0. The van der Waals surface area contributed by atoms with Gasteiger partial charge in [0.1, 0.15) is 13.2 Å². The molecule has 0 N–H and O–H groups in total. The highest BCUT2D eigenvalue weighted by Gasteiger charge is 2.19. The Labute approximate surface area is 428 Å². The first kappa shape index (κ1) is 66.1. The van der Waals surface area contributed by atoms with Gasteiger partial charge >= 0.3 is 17.9 Å². The number of unbranched alkanes of at least 4 members (excludes halogenated alkanes) is 33. The predicted molar refractivity (Wildman–Crippen MR) is 298 cm³/mol. The minimum atomic E-state index is -0.776.